The van der Waals surface area contributed by atoms with Gasteiger partial charge in [-0.2, -0.15) is 0 Å². The summed E-state index contributed by atoms with van der Waals surface area (Å²) in [4.78, 5) is 45.5. The van der Waals surface area contributed by atoms with Crippen molar-refractivity contribution in [2.45, 2.75) is 81.4 Å². The van der Waals surface area contributed by atoms with Crippen LogP contribution in [0.4, 0.5) is 5.82 Å². The Labute approximate surface area is 299 Å². The Morgan fingerprint density at radius 2 is 1.77 bits per heavy atom. The van der Waals surface area contributed by atoms with E-state index in [-0.39, 0.29) is 58.7 Å². The van der Waals surface area contributed by atoms with Crippen LogP contribution in [-0.2, 0) is 47.1 Å². The molecule has 0 aliphatic carbocycles. The van der Waals surface area contributed by atoms with E-state index in [0.29, 0.717) is 29.8 Å². The molecule has 2 aliphatic heterocycles. The van der Waals surface area contributed by atoms with Gasteiger partial charge in [0.05, 0.1) is 39.4 Å². The minimum Gasteiger partial charge on any atom is -0.394 e. The van der Waals surface area contributed by atoms with Gasteiger partial charge in [0.25, 0.3) is 0 Å². The Kier molecular flexibility index (Phi) is 16.9. The zero-order valence-corrected chi connectivity index (χ0v) is 29.7. The van der Waals surface area contributed by atoms with E-state index in [2.05, 4.69) is 30.9 Å². The van der Waals surface area contributed by atoms with Gasteiger partial charge in [0.15, 0.2) is 24.0 Å². The molecule has 1 unspecified atom stereocenters. The maximum atomic E-state index is 12.2. The fourth-order valence-corrected chi connectivity index (χ4v) is 5.90. The number of hydrogen-bond acceptors (Lipinski definition) is 18. The molecule has 2 fully saturated rings. The third kappa shape index (κ3) is 11.5. The summed E-state index contributed by atoms with van der Waals surface area (Å²) in [5.74, 6) is -0.165. The lowest BCUT2D eigenvalue weighted by Crippen LogP contribution is -2.64. The highest BCUT2D eigenvalue weighted by Gasteiger charge is 2.47. The number of aromatic nitrogens is 4. The summed E-state index contributed by atoms with van der Waals surface area (Å²) >= 11 is 0. The molecule has 8 N–H and O–H groups in total. The van der Waals surface area contributed by atoms with Crippen molar-refractivity contribution in [2.75, 3.05) is 65.3 Å². The van der Waals surface area contributed by atoms with Crippen LogP contribution in [-0.4, -0.2) is 166 Å². The van der Waals surface area contributed by atoms with Crippen molar-refractivity contribution in [2.24, 2.45) is 0 Å². The third-order valence-corrected chi connectivity index (χ3v) is 8.58. The maximum Gasteiger partial charge on any atom is 0.316 e. The number of aliphatic hydroxyl groups is 4. The number of aliphatic hydroxyl groups excluding tert-OH is 4. The van der Waals surface area contributed by atoms with Crippen molar-refractivity contribution in [1.29, 1.82) is 0 Å². The summed E-state index contributed by atoms with van der Waals surface area (Å²) in [5, 5.41) is 48.9. The molecule has 2 aromatic rings. The highest BCUT2D eigenvalue weighted by molar-refractivity contribution is 7.32. The van der Waals surface area contributed by atoms with E-state index >= 15 is 0 Å². The van der Waals surface area contributed by atoms with E-state index in [1.165, 1.54) is 19.6 Å². The van der Waals surface area contributed by atoms with E-state index in [1.54, 1.807) is 11.6 Å². The monoisotopic (exact) mass is 765 g/mol. The van der Waals surface area contributed by atoms with E-state index < -0.39 is 76.0 Å². The van der Waals surface area contributed by atoms with Crippen LogP contribution in [0.15, 0.2) is 12.7 Å². The number of rotatable bonds is 22. The lowest BCUT2D eigenvalue weighted by Gasteiger charge is -2.42. The van der Waals surface area contributed by atoms with E-state index in [4.69, 9.17) is 37.8 Å². The number of amides is 2. The second-order valence-corrected chi connectivity index (χ2v) is 12.6. The third-order valence-electron chi connectivity index (χ3n) is 8.17. The van der Waals surface area contributed by atoms with Crippen molar-refractivity contribution in [1.82, 2.24) is 30.2 Å². The van der Waals surface area contributed by atoms with Crippen molar-refractivity contribution in [3.63, 3.8) is 0 Å². The number of imidazole rings is 1. The van der Waals surface area contributed by atoms with Crippen molar-refractivity contribution < 1.29 is 72.4 Å². The van der Waals surface area contributed by atoms with Crippen LogP contribution < -0.4 is 16.0 Å². The van der Waals surface area contributed by atoms with Crippen LogP contribution in [0.1, 0.15) is 32.4 Å². The quantitative estimate of drug-likeness (QED) is 0.0340. The van der Waals surface area contributed by atoms with Crippen LogP contribution in [0.5, 0.6) is 0 Å². The lowest BCUT2D eigenvalue weighted by molar-refractivity contribution is -0.270. The van der Waals surface area contributed by atoms with Gasteiger partial charge in [-0.15, -0.1) is 0 Å². The van der Waals surface area contributed by atoms with Gasteiger partial charge < -0.3 is 74.2 Å². The van der Waals surface area contributed by atoms with Gasteiger partial charge >= 0.3 is 8.25 Å². The molecule has 22 nitrogen and oxygen atoms in total. The number of nitrogens with zero attached hydrogens (tertiary/aromatic N) is 4. The Balaban J connectivity index is 1.10. The highest BCUT2D eigenvalue weighted by Crippen LogP contribution is 2.35. The van der Waals surface area contributed by atoms with Gasteiger partial charge in [0, 0.05) is 33.5 Å². The van der Waals surface area contributed by atoms with E-state index in [9.17, 15) is 34.6 Å². The Morgan fingerprint density at radius 3 is 2.50 bits per heavy atom. The van der Waals surface area contributed by atoms with E-state index in [1.807, 2.05) is 0 Å². The summed E-state index contributed by atoms with van der Waals surface area (Å²) in [5.41, 5.74) is 0.866. The molecular formula is C29H48N7O15P. The molecule has 52 heavy (non-hydrogen) atoms. The van der Waals surface area contributed by atoms with Gasteiger partial charge in [0.2, 0.25) is 11.8 Å². The number of anilines is 1. The average molecular weight is 766 g/mol. The fourth-order valence-electron chi connectivity index (χ4n) is 5.59. The number of hydrogen-bond donors (Lipinski definition) is 8. The second-order valence-electron chi connectivity index (χ2n) is 11.8. The number of carbonyl (C=O) groups is 2. The lowest BCUT2D eigenvalue weighted by atomic mass is 9.97. The number of nitrogens with one attached hydrogen (secondary N) is 3. The van der Waals surface area contributed by atoms with Crippen LogP contribution in [0.25, 0.3) is 11.2 Å². The molecule has 2 saturated heterocycles. The van der Waals surface area contributed by atoms with Crippen LogP contribution in [0.2, 0.25) is 0 Å². The molecule has 2 aliphatic rings. The molecule has 0 spiro atoms. The maximum absolute atomic E-state index is 12.2. The first-order valence-corrected chi connectivity index (χ1v) is 17.9. The Morgan fingerprint density at radius 1 is 0.981 bits per heavy atom. The smallest absolute Gasteiger partial charge is 0.316 e. The van der Waals surface area contributed by atoms with Gasteiger partial charge in [0.1, 0.15) is 61.3 Å². The number of unbranched alkanes of at least 4 members (excludes halogenated alkanes) is 1. The van der Waals surface area contributed by atoms with Crippen LogP contribution in [0, 0.1) is 0 Å². The fraction of sp³-hybridized carbons (Fsp3) is 0.759. The first kappa shape index (κ1) is 41.8. The SMILES string of the molecule is CNc1ncnc2c1ncn2[C@@H]1O[C@H](CO[PH](=O)O)[C@@H](O)[C@H]1OCOCCOCCNC(=O)CCCCO[C@H]1O[C@@H](CO)[C@@H](O)[C@@H](O)[C@@H]1NC(C)=O. The zero-order chi connectivity index (χ0) is 37.6. The number of ether oxygens (including phenoxy) is 6. The molecule has 4 heterocycles. The van der Waals surface area contributed by atoms with E-state index in [0.717, 1.165) is 0 Å². The van der Waals surface area contributed by atoms with Crippen molar-refractivity contribution in [3.8, 4) is 0 Å². The largest absolute Gasteiger partial charge is 0.394 e. The Bertz CT molecular complexity index is 1440. The molecule has 294 valence electrons. The van der Waals surface area contributed by atoms with Crippen LogP contribution >= 0.6 is 8.25 Å². The number of carbonyl (C=O) groups excluding carboxylic acids is 2. The number of fused-ring (bicyclic) bond motifs is 1. The molecule has 0 radical (unpaired) electrons. The van der Waals surface area contributed by atoms with Crippen molar-refractivity contribution >= 4 is 37.1 Å². The molecular weight excluding hydrogens is 717 g/mol. The molecule has 4 rings (SSSR count). The summed E-state index contributed by atoms with van der Waals surface area (Å²) in [6.07, 6.45) is -5.15. The summed E-state index contributed by atoms with van der Waals surface area (Å²) in [6.45, 7) is 1.06. The van der Waals surface area contributed by atoms with Crippen LogP contribution in [0.3, 0.4) is 0 Å². The highest BCUT2D eigenvalue weighted by atomic mass is 31.1. The summed E-state index contributed by atoms with van der Waals surface area (Å²) in [6, 6.07) is -1.03. The average Bonchev–Trinajstić information content (AvgIpc) is 3.69. The molecule has 0 aromatic carbocycles. The summed E-state index contributed by atoms with van der Waals surface area (Å²) in [7, 11) is -1.58. The molecule has 0 saturated carbocycles. The zero-order valence-electron chi connectivity index (χ0n) is 28.7. The summed E-state index contributed by atoms with van der Waals surface area (Å²) < 4.78 is 51.4. The molecule has 2 aromatic heterocycles. The topological polar surface area (TPSA) is 297 Å². The van der Waals surface area contributed by atoms with Gasteiger partial charge in [-0.25, -0.2) is 15.0 Å². The standard InChI is InChI=1S/C29H48N7O15P/c1-16(38)35-20-24(42)22(40)17(11-37)51-29(20)47-7-4-3-5-19(39)31-6-8-45-9-10-46-15-48-25-23(41)18(12-49-52(43)44)50-28(25)36-14-34-21-26(30-2)32-13-33-27(21)36/h13-14,17-18,20,22-25,28-29,37,40-42,52H,3-12,15H2,1-2H3,(H,31,39)(H,35,38)(H,43,44)(H,30,32,33)/t17-,18+,20-,22+,23+,24-,25+,28+,29-/m0/s1. The minimum atomic E-state index is -3.26. The van der Waals surface area contributed by atoms with Crippen molar-refractivity contribution in [3.05, 3.63) is 12.7 Å². The first-order valence-electron chi connectivity index (χ1n) is 16.6. The molecule has 2 amide bonds. The minimum absolute atomic E-state index is 0.136. The predicted molar refractivity (Wildman–Crippen MR) is 177 cm³/mol. The molecule has 0 bridgehead atoms. The van der Waals surface area contributed by atoms with Gasteiger partial charge in [-0.05, 0) is 12.8 Å². The Hall–Kier alpha value is -2.96. The second kappa shape index (κ2) is 21.1. The molecule has 10 atom stereocenters. The first-order chi connectivity index (χ1) is 25.0. The predicted octanol–water partition coefficient (Wildman–Crippen LogP) is -2.85. The van der Waals surface area contributed by atoms with Gasteiger partial charge in [-0.1, -0.05) is 0 Å². The normalized spacial score (nSPS) is 28.2. The van der Waals surface area contributed by atoms with Gasteiger partial charge in [-0.3, -0.25) is 18.7 Å². The molecule has 23 heteroatoms.